The molecule has 5 nitrogen and oxygen atoms in total. The average Bonchev–Trinajstić information content (AvgIpc) is 3.03. The molecule has 1 N–H and O–H groups in total. The standard InChI is InChI=1S/C14H6Cl2F4N4O/c15-7-1-2-8(24-5-9(22-23-24)14(18,19)20)10(12(7)17)6-3-4-21-13(25)11(6)16/h1-5H,(H,21,25). The summed E-state index contributed by atoms with van der Waals surface area (Å²) in [5, 5.41) is 5.75. The predicted octanol–water partition coefficient (Wildman–Crippen LogP) is 4.09. The van der Waals surface area contributed by atoms with Crippen molar-refractivity contribution in [1.82, 2.24) is 20.0 Å². The monoisotopic (exact) mass is 392 g/mol. The fourth-order valence-corrected chi connectivity index (χ4v) is 2.52. The van der Waals surface area contributed by atoms with Crippen LogP contribution in [-0.4, -0.2) is 20.0 Å². The molecule has 11 heteroatoms. The lowest BCUT2D eigenvalue weighted by Crippen LogP contribution is -2.08. The maximum atomic E-state index is 14.6. The molecule has 0 spiro atoms. The molecule has 0 saturated heterocycles. The third kappa shape index (κ3) is 3.12. The second-order valence-electron chi connectivity index (χ2n) is 4.84. The summed E-state index contributed by atoms with van der Waals surface area (Å²) in [5.41, 5.74) is -2.39. The SMILES string of the molecule is O=c1[nH]ccc(-c2c(-n3cc(C(F)(F)F)nn3)ccc(Cl)c2F)c1Cl. The third-order valence-corrected chi connectivity index (χ3v) is 3.94. The highest BCUT2D eigenvalue weighted by molar-refractivity contribution is 6.34. The number of aromatic nitrogens is 4. The molecule has 0 aliphatic rings. The van der Waals surface area contributed by atoms with E-state index in [2.05, 4.69) is 15.3 Å². The zero-order valence-corrected chi connectivity index (χ0v) is 13.4. The molecule has 0 saturated carbocycles. The quantitative estimate of drug-likeness (QED) is 0.668. The van der Waals surface area contributed by atoms with Gasteiger partial charge in [-0.05, 0) is 18.2 Å². The highest BCUT2D eigenvalue weighted by atomic mass is 35.5. The van der Waals surface area contributed by atoms with Gasteiger partial charge < -0.3 is 4.98 Å². The minimum atomic E-state index is -4.72. The first kappa shape index (κ1) is 17.4. The van der Waals surface area contributed by atoms with Crippen LogP contribution < -0.4 is 5.56 Å². The number of benzene rings is 1. The van der Waals surface area contributed by atoms with Gasteiger partial charge in [0.1, 0.15) is 5.02 Å². The van der Waals surface area contributed by atoms with Gasteiger partial charge in [0.15, 0.2) is 11.5 Å². The van der Waals surface area contributed by atoms with Crippen LogP contribution in [0.4, 0.5) is 17.6 Å². The Morgan fingerprint density at radius 2 is 1.88 bits per heavy atom. The Morgan fingerprint density at radius 1 is 1.16 bits per heavy atom. The number of H-pyrrole nitrogens is 1. The summed E-state index contributed by atoms with van der Waals surface area (Å²) in [6.45, 7) is 0. The van der Waals surface area contributed by atoms with Gasteiger partial charge in [-0.25, -0.2) is 9.07 Å². The van der Waals surface area contributed by atoms with Crippen LogP contribution in [0.5, 0.6) is 0 Å². The molecule has 2 heterocycles. The van der Waals surface area contributed by atoms with Crippen molar-refractivity contribution >= 4 is 23.2 Å². The van der Waals surface area contributed by atoms with E-state index >= 15 is 0 Å². The molecule has 0 aliphatic heterocycles. The summed E-state index contributed by atoms with van der Waals surface area (Å²) in [6, 6.07) is 3.68. The largest absolute Gasteiger partial charge is 0.436 e. The molecular formula is C14H6Cl2F4N4O. The molecule has 0 aliphatic carbocycles. The van der Waals surface area contributed by atoms with Gasteiger partial charge in [0.25, 0.3) is 5.56 Å². The van der Waals surface area contributed by atoms with Crippen molar-refractivity contribution < 1.29 is 17.6 Å². The lowest BCUT2D eigenvalue weighted by molar-refractivity contribution is -0.141. The van der Waals surface area contributed by atoms with Crippen molar-refractivity contribution in [2.45, 2.75) is 6.18 Å². The van der Waals surface area contributed by atoms with E-state index in [-0.39, 0.29) is 26.9 Å². The number of hydrogen-bond donors (Lipinski definition) is 1. The van der Waals surface area contributed by atoms with Gasteiger partial charge in [-0.15, -0.1) is 5.10 Å². The van der Waals surface area contributed by atoms with E-state index < -0.39 is 23.2 Å². The van der Waals surface area contributed by atoms with E-state index in [4.69, 9.17) is 23.2 Å². The molecule has 25 heavy (non-hydrogen) atoms. The van der Waals surface area contributed by atoms with E-state index in [1.165, 1.54) is 18.3 Å². The molecule has 1 aromatic carbocycles. The predicted molar refractivity (Wildman–Crippen MR) is 82.4 cm³/mol. The minimum Gasteiger partial charge on any atom is -0.328 e. The Hall–Kier alpha value is -2.39. The third-order valence-electron chi connectivity index (χ3n) is 3.27. The topological polar surface area (TPSA) is 63.6 Å². The van der Waals surface area contributed by atoms with Crippen LogP contribution >= 0.6 is 23.2 Å². The number of hydrogen-bond acceptors (Lipinski definition) is 3. The zero-order chi connectivity index (χ0) is 18.4. The molecule has 0 atom stereocenters. The van der Waals surface area contributed by atoms with Crippen LogP contribution in [0.25, 0.3) is 16.8 Å². The number of aromatic amines is 1. The highest BCUT2D eigenvalue weighted by Gasteiger charge is 2.35. The van der Waals surface area contributed by atoms with Crippen molar-refractivity contribution in [2.24, 2.45) is 0 Å². The molecule has 130 valence electrons. The molecule has 0 radical (unpaired) electrons. The fourth-order valence-electron chi connectivity index (χ4n) is 2.15. The van der Waals surface area contributed by atoms with Crippen LogP contribution in [0.3, 0.4) is 0 Å². The lowest BCUT2D eigenvalue weighted by atomic mass is 10.0. The second kappa shape index (κ2) is 6.16. The van der Waals surface area contributed by atoms with Crippen LogP contribution in [0.2, 0.25) is 10.0 Å². The molecule has 0 amide bonds. The van der Waals surface area contributed by atoms with E-state index in [1.54, 1.807) is 0 Å². The van der Waals surface area contributed by atoms with Crippen LogP contribution in [0.15, 0.2) is 35.4 Å². The second-order valence-corrected chi connectivity index (χ2v) is 5.62. The average molecular weight is 393 g/mol. The van der Waals surface area contributed by atoms with Crippen molar-refractivity contribution in [3.05, 3.63) is 62.5 Å². The van der Waals surface area contributed by atoms with Gasteiger partial charge in [-0.3, -0.25) is 4.79 Å². The zero-order valence-electron chi connectivity index (χ0n) is 11.9. The molecule has 2 aromatic heterocycles. The van der Waals surface area contributed by atoms with Crippen LogP contribution in [0, 0.1) is 5.82 Å². The van der Waals surface area contributed by atoms with Crippen LogP contribution in [0.1, 0.15) is 5.69 Å². The Bertz CT molecular complexity index is 1010. The molecular weight excluding hydrogens is 387 g/mol. The summed E-state index contributed by atoms with van der Waals surface area (Å²) in [7, 11) is 0. The smallest absolute Gasteiger partial charge is 0.328 e. The molecule has 0 bridgehead atoms. The van der Waals surface area contributed by atoms with Gasteiger partial charge in [0.2, 0.25) is 0 Å². The van der Waals surface area contributed by atoms with Crippen molar-refractivity contribution in [3.63, 3.8) is 0 Å². The summed E-state index contributed by atoms with van der Waals surface area (Å²) in [6.07, 6.45) is -2.91. The Labute approximate surface area is 146 Å². The van der Waals surface area contributed by atoms with Crippen LogP contribution in [-0.2, 0) is 6.18 Å². The van der Waals surface area contributed by atoms with Gasteiger partial charge >= 0.3 is 6.18 Å². The first-order valence-electron chi connectivity index (χ1n) is 6.55. The number of rotatable bonds is 2. The molecule has 3 aromatic rings. The first-order chi connectivity index (χ1) is 11.7. The first-order valence-corrected chi connectivity index (χ1v) is 7.31. The molecule has 0 unspecified atom stereocenters. The maximum absolute atomic E-state index is 14.6. The number of pyridine rings is 1. The molecule has 0 fully saturated rings. The number of nitrogens with zero attached hydrogens (tertiary/aromatic N) is 3. The molecule has 3 rings (SSSR count). The van der Waals surface area contributed by atoms with Crippen molar-refractivity contribution in [2.75, 3.05) is 0 Å². The van der Waals surface area contributed by atoms with Gasteiger partial charge in [0.05, 0.1) is 16.9 Å². The Balaban J connectivity index is 2.29. The lowest BCUT2D eigenvalue weighted by Gasteiger charge is -2.12. The highest BCUT2D eigenvalue weighted by Crippen LogP contribution is 2.36. The number of nitrogens with one attached hydrogen (secondary N) is 1. The minimum absolute atomic E-state index is 0.0514. The summed E-state index contributed by atoms with van der Waals surface area (Å²) in [5.74, 6) is -0.962. The number of alkyl halides is 3. The van der Waals surface area contributed by atoms with E-state index in [0.29, 0.717) is 6.20 Å². The van der Waals surface area contributed by atoms with E-state index in [0.717, 1.165) is 10.7 Å². The van der Waals surface area contributed by atoms with E-state index in [9.17, 15) is 22.4 Å². The Kier molecular flexibility index (Phi) is 4.29. The van der Waals surface area contributed by atoms with Gasteiger partial charge in [-0.1, -0.05) is 28.4 Å². The van der Waals surface area contributed by atoms with Crippen molar-refractivity contribution in [1.29, 1.82) is 0 Å². The summed E-state index contributed by atoms with van der Waals surface area (Å²) < 4.78 is 53.5. The van der Waals surface area contributed by atoms with Gasteiger partial charge in [0, 0.05) is 17.3 Å². The number of halogens is 6. The summed E-state index contributed by atoms with van der Waals surface area (Å²) in [4.78, 5) is 14.0. The van der Waals surface area contributed by atoms with Gasteiger partial charge in [-0.2, -0.15) is 13.2 Å². The normalized spacial score (nSPS) is 11.8. The van der Waals surface area contributed by atoms with Crippen molar-refractivity contribution in [3.8, 4) is 16.8 Å². The Morgan fingerprint density at radius 3 is 2.52 bits per heavy atom. The fraction of sp³-hybridized carbons (Fsp3) is 0.0714. The maximum Gasteiger partial charge on any atom is 0.436 e. The van der Waals surface area contributed by atoms with E-state index in [1.807, 2.05) is 0 Å². The summed E-state index contributed by atoms with van der Waals surface area (Å²) >= 11 is 11.7.